The Morgan fingerprint density at radius 2 is 1.92 bits per heavy atom. The maximum Gasteiger partial charge on any atom is 0.222 e. The van der Waals surface area contributed by atoms with Crippen molar-refractivity contribution in [3.8, 4) is 5.75 Å². The van der Waals surface area contributed by atoms with Gasteiger partial charge in [-0.25, -0.2) is 4.39 Å². The fraction of sp³-hybridized carbons (Fsp3) is 0.667. The summed E-state index contributed by atoms with van der Waals surface area (Å²) in [5.74, 6) is 1.07. The van der Waals surface area contributed by atoms with Gasteiger partial charge >= 0.3 is 0 Å². The molecule has 2 unspecified atom stereocenters. The largest absolute Gasteiger partial charge is 0.493 e. The number of carbonyl (C=O) groups excluding carboxylic acids is 1. The minimum absolute atomic E-state index is 0.255. The first-order valence-electron chi connectivity index (χ1n) is 10.0. The van der Waals surface area contributed by atoms with E-state index in [1.165, 1.54) is 38.1 Å². The van der Waals surface area contributed by atoms with Crippen LogP contribution in [0, 0.1) is 11.7 Å². The highest BCUT2D eigenvalue weighted by atomic mass is 19.1. The highest BCUT2D eigenvalue weighted by molar-refractivity contribution is 5.76. The first-order valence-corrected chi connectivity index (χ1v) is 10.0. The second kappa shape index (κ2) is 9.36. The molecular weight excluding hydrogens is 331 g/mol. The molecule has 0 spiro atoms. The number of amides is 1. The molecule has 2 atom stereocenters. The molecule has 1 aromatic carbocycles. The molecule has 2 aliphatic rings. The highest BCUT2D eigenvalue weighted by Gasteiger charge is 2.25. The van der Waals surface area contributed by atoms with Crippen molar-refractivity contribution in [1.82, 2.24) is 9.80 Å². The average Bonchev–Trinajstić information content (AvgIpc) is 3.20. The predicted molar refractivity (Wildman–Crippen MR) is 101 cm³/mol. The molecule has 1 amide bonds. The average molecular weight is 362 g/mol. The molecule has 0 N–H and O–H groups in total. The van der Waals surface area contributed by atoms with E-state index in [1.54, 1.807) is 12.1 Å². The fourth-order valence-electron chi connectivity index (χ4n) is 4.03. The van der Waals surface area contributed by atoms with Gasteiger partial charge in [-0.05, 0) is 76.4 Å². The summed E-state index contributed by atoms with van der Waals surface area (Å²) in [6.07, 6.45) is 6.29. The van der Waals surface area contributed by atoms with Crippen LogP contribution >= 0.6 is 0 Å². The lowest BCUT2D eigenvalue weighted by Crippen LogP contribution is -2.42. The van der Waals surface area contributed by atoms with Crippen molar-refractivity contribution in [3.63, 3.8) is 0 Å². The summed E-state index contributed by atoms with van der Waals surface area (Å²) in [5.41, 5.74) is 0. The van der Waals surface area contributed by atoms with Crippen molar-refractivity contribution >= 4 is 5.91 Å². The molecule has 2 heterocycles. The van der Waals surface area contributed by atoms with E-state index in [0.29, 0.717) is 30.7 Å². The highest BCUT2D eigenvalue weighted by Crippen LogP contribution is 2.21. The van der Waals surface area contributed by atoms with Crippen LogP contribution in [0.2, 0.25) is 0 Å². The Kier molecular flexibility index (Phi) is 6.89. The van der Waals surface area contributed by atoms with E-state index in [1.807, 2.05) is 4.90 Å². The van der Waals surface area contributed by atoms with Gasteiger partial charge in [-0.3, -0.25) is 4.79 Å². The Morgan fingerprint density at radius 1 is 1.19 bits per heavy atom. The number of hydrogen-bond acceptors (Lipinski definition) is 3. The van der Waals surface area contributed by atoms with Crippen molar-refractivity contribution in [2.75, 3.05) is 32.8 Å². The summed E-state index contributed by atoms with van der Waals surface area (Å²) in [4.78, 5) is 17.1. The molecule has 0 aromatic heterocycles. The lowest BCUT2D eigenvalue weighted by atomic mass is 9.98. The van der Waals surface area contributed by atoms with Gasteiger partial charge < -0.3 is 14.5 Å². The van der Waals surface area contributed by atoms with Crippen molar-refractivity contribution in [3.05, 3.63) is 30.1 Å². The summed E-state index contributed by atoms with van der Waals surface area (Å²) >= 11 is 0. The molecule has 2 fully saturated rings. The molecule has 0 bridgehead atoms. The SMILES string of the molecule is CC(CCC(=O)N1CCCC(COc2ccc(F)cc2)C1)N1CCCC1. The number of benzene rings is 1. The standard InChI is InChI=1S/C21H31FN2O2/c1-17(23-12-2-3-13-23)6-11-21(25)24-14-4-5-18(15-24)16-26-20-9-7-19(22)8-10-20/h7-10,17-18H,2-6,11-16H2,1H3. The van der Waals surface area contributed by atoms with Gasteiger partial charge in [0.25, 0.3) is 0 Å². The second-order valence-electron chi connectivity index (χ2n) is 7.74. The van der Waals surface area contributed by atoms with Gasteiger partial charge in [0.2, 0.25) is 5.91 Å². The lowest BCUT2D eigenvalue weighted by Gasteiger charge is -2.33. The molecule has 4 nitrogen and oxygen atoms in total. The van der Waals surface area contributed by atoms with E-state index in [4.69, 9.17) is 4.74 Å². The van der Waals surface area contributed by atoms with E-state index in [9.17, 15) is 9.18 Å². The molecule has 144 valence electrons. The van der Waals surface area contributed by atoms with Crippen LogP contribution in [0.15, 0.2) is 24.3 Å². The number of carbonyl (C=O) groups is 1. The minimum Gasteiger partial charge on any atom is -0.493 e. The van der Waals surface area contributed by atoms with E-state index in [-0.39, 0.29) is 11.7 Å². The summed E-state index contributed by atoms with van der Waals surface area (Å²) in [6, 6.07) is 6.63. The zero-order valence-corrected chi connectivity index (χ0v) is 15.8. The van der Waals surface area contributed by atoms with Crippen molar-refractivity contribution in [1.29, 1.82) is 0 Å². The Labute approximate surface area is 156 Å². The smallest absolute Gasteiger partial charge is 0.222 e. The van der Waals surface area contributed by atoms with Gasteiger partial charge in [0.15, 0.2) is 0 Å². The monoisotopic (exact) mass is 362 g/mol. The van der Waals surface area contributed by atoms with Gasteiger partial charge in [-0.2, -0.15) is 0 Å². The van der Waals surface area contributed by atoms with E-state index in [2.05, 4.69) is 11.8 Å². The van der Waals surface area contributed by atoms with Gasteiger partial charge in [-0.15, -0.1) is 0 Å². The third-order valence-corrected chi connectivity index (χ3v) is 5.71. The van der Waals surface area contributed by atoms with Crippen LogP contribution in [0.25, 0.3) is 0 Å². The number of nitrogens with zero attached hydrogens (tertiary/aromatic N) is 2. The minimum atomic E-state index is -0.255. The zero-order valence-electron chi connectivity index (χ0n) is 15.8. The Bertz CT molecular complexity index is 572. The molecule has 26 heavy (non-hydrogen) atoms. The lowest BCUT2D eigenvalue weighted by molar-refractivity contribution is -0.133. The van der Waals surface area contributed by atoms with E-state index < -0.39 is 0 Å². The Balaban J connectivity index is 1.40. The summed E-state index contributed by atoms with van der Waals surface area (Å²) in [7, 11) is 0. The van der Waals surface area contributed by atoms with Gasteiger partial charge in [0.05, 0.1) is 6.61 Å². The normalized spacial score (nSPS) is 22.4. The van der Waals surface area contributed by atoms with Gasteiger partial charge in [0, 0.05) is 31.5 Å². The maximum absolute atomic E-state index is 12.9. The summed E-state index contributed by atoms with van der Waals surface area (Å²) in [6.45, 7) is 6.83. The van der Waals surface area contributed by atoms with E-state index >= 15 is 0 Å². The van der Waals surface area contributed by atoms with Gasteiger partial charge in [0.1, 0.15) is 11.6 Å². The van der Waals surface area contributed by atoms with Crippen LogP contribution in [-0.2, 0) is 4.79 Å². The van der Waals surface area contributed by atoms with Crippen LogP contribution in [-0.4, -0.2) is 54.5 Å². The van der Waals surface area contributed by atoms with Crippen LogP contribution in [0.3, 0.4) is 0 Å². The van der Waals surface area contributed by atoms with Crippen molar-refractivity contribution in [2.24, 2.45) is 5.92 Å². The Hall–Kier alpha value is -1.62. The number of ether oxygens (including phenoxy) is 1. The zero-order chi connectivity index (χ0) is 18.4. The van der Waals surface area contributed by atoms with Gasteiger partial charge in [-0.1, -0.05) is 0 Å². The maximum atomic E-state index is 12.9. The van der Waals surface area contributed by atoms with Crippen LogP contribution < -0.4 is 4.74 Å². The third-order valence-electron chi connectivity index (χ3n) is 5.71. The van der Waals surface area contributed by atoms with Crippen molar-refractivity contribution in [2.45, 2.75) is 51.5 Å². The summed E-state index contributed by atoms with van der Waals surface area (Å²) < 4.78 is 18.7. The molecule has 3 rings (SSSR count). The first-order chi connectivity index (χ1) is 12.6. The van der Waals surface area contributed by atoms with Crippen molar-refractivity contribution < 1.29 is 13.9 Å². The molecular formula is C21H31FN2O2. The molecule has 2 saturated heterocycles. The molecule has 0 radical (unpaired) electrons. The molecule has 0 saturated carbocycles. The molecule has 2 aliphatic heterocycles. The van der Waals surface area contributed by atoms with Crippen LogP contribution in [0.5, 0.6) is 5.75 Å². The topological polar surface area (TPSA) is 32.8 Å². The predicted octanol–water partition coefficient (Wildman–Crippen LogP) is 3.71. The first kappa shape index (κ1) is 19.2. The van der Waals surface area contributed by atoms with Crippen LogP contribution in [0.4, 0.5) is 4.39 Å². The number of piperidine rings is 1. The molecule has 0 aliphatic carbocycles. The number of likely N-dealkylation sites (tertiary alicyclic amines) is 2. The van der Waals surface area contributed by atoms with Crippen LogP contribution in [0.1, 0.15) is 45.4 Å². The number of rotatable bonds is 7. The molecule has 1 aromatic rings. The third kappa shape index (κ3) is 5.44. The quantitative estimate of drug-likeness (QED) is 0.741. The second-order valence-corrected chi connectivity index (χ2v) is 7.74. The molecule has 5 heteroatoms. The summed E-state index contributed by atoms with van der Waals surface area (Å²) in [5, 5.41) is 0. The van der Waals surface area contributed by atoms with E-state index in [0.717, 1.165) is 32.4 Å². The fourth-order valence-corrected chi connectivity index (χ4v) is 4.03. The number of halogens is 1. The Morgan fingerprint density at radius 3 is 2.65 bits per heavy atom. The number of hydrogen-bond donors (Lipinski definition) is 0.